The van der Waals surface area contributed by atoms with Crippen LogP contribution in [0, 0.1) is 11.3 Å². The first-order valence-corrected chi connectivity index (χ1v) is 9.34. The molecule has 0 saturated heterocycles. The maximum atomic E-state index is 12.6. The minimum absolute atomic E-state index is 0. The van der Waals surface area contributed by atoms with E-state index in [1.54, 1.807) is 18.2 Å². The van der Waals surface area contributed by atoms with E-state index in [4.69, 9.17) is 16.7 Å². The third-order valence-electron chi connectivity index (χ3n) is 5.64. The lowest BCUT2D eigenvalue weighted by Crippen LogP contribution is -2.43. The summed E-state index contributed by atoms with van der Waals surface area (Å²) in [4.78, 5) is 23.3. The van der Waals surface area contributed by atoms with E-state index in [-0.39, 0.29) is 18.7 Å². The summed E-state index contributed by atoms with van der Waals surface area (Å²) in [5.74, 6) is -0.380. The number of carbonyl (C=O) groups excluding carboxylic acids is 1. The zero-order valence-electron chi connectivity index (χ0n) is 14.3. The monoisotopic (exact) mass is 377 g/mol. The highest BCUT2D eigenvalue weighted by Crippen LogP contribution is 2.48. The highest BCUT2D eigenvalue weighted by molar-refractivity contribution is 6.33. The molecule has 142 valence electrons. The van der Waals surface area contributed by atoms with Gasteiger partial charge in [0.25, 0.3) is 5.91 Å². The van der Waals surface area contributed by atoms with Crippen molar-refractivity contribution in [1.82, 2.24) is 5.32 Å². The van der Waals surface area contributed by atoms with Crippen LogP contribution < -0.4 is 5.32 Å². The van der Waals surface area contributed by atoms with Gasteiger partial charge in [-0.05, 0) is 54.4 Å². The van der Waals surface area contributed by atoms with Gasteiger partial charge in [0.15, 0.2) is 0 Å². The number of halogens is 1. The number of amides is 1. The van der Waals surface area contributed by atoms with Crippen molar-refractivity contribution < 1.29 is 14.7 Å². The molecule has 2 N–H and O–H groups in total. The van der Waals surface area contributed by atoms with E-state index in [1.165, 1.54) is 51.0 Å². The number of carboxylic acids is 1. The maximum absolute atomic E-state index is 12.6. The van der Waals surface area contributed by atoms with Crippen molar-refractivity contribution >= 4 is 29.6 Å². The maximum Gasteiger partial charge on any atom is 0.328 e. The second-order valence-electron chi connectivity index (χ2n) is 7.45. The van der Waals surface area contributed by atoms with Gasteiger partial charge < -0.3 is 10.4 Å². The zero-order valence-corrected chi connectivity index (χ0v) is 15.0. The second kappa shape index (κ2) is 8.72. The summed E-state index contributed by atoms with van der Waals surface area (Å²) in [6, 6.07) is 4.97. The molecule has 0 radical (unpaired) electrons. The molecule has 2 saturated carbocycles. The summed E-state index contributed by atoms with van der Waals surface area (Å²) in [5, 5.41) is 12.2. The molecule has 3 rings (SSSR count). The van der Waals surface area contributed by atoms with Crippen LogP contribution in [0.2, 0.25) is 5.02 Å². The number of aliphatic carboxylic acids is 1. The van der Waals surface area contributed by atoms with Crippen molar-refractivity contribution in [3.63, 3.8) is 0 Å². The smallest absolute Gasteiger partial charge is 0.328 e. The van der Waals surface area contributed by atoms with Gasteiger partial charge in [0.05, 0.1) is 10.6 Å². The van der Waals surface area contributed by atoms with E-state index < -0.39 is 5.97 Å². The number of nitrogens with one attached hydrogen (secondary N) is 1. The molecule has 2 fully saturated rings. The first-order valence-electron chi connectivity index (χ1n) is 8.96. The van der Waals surface area contributed by atoms with Gasteiger partial charge in [0.2, 0.25) is 0 Å². The van der Waals surface area contributed by atoms with Crippen LogP contribution in [0.1, 0.15) is 68.3 Å². The Morgan fingerprint density at radius 2 is 1.96 bits per heavy atom. The van der Waals surface area contributed by atoms with Gasteiger partial charge in [-0.25, -0.2) is 4.79 Å². The molecule has 0 spiro atoms. The molecule has 4 nitrogen and oxygen atoms in total. The number of hydrogen-bond donors (Lipinski definition) is 2. The number of carbonyl (C=O) groups is 2. The molecule has 0 aromatic heterocycles. The Hall–Kier alpha value is -1.81. The van der Waals surface area contributed by atoms with Gasteiger partial charge in [0, 0.05) is 12.6 Å². The Bertz CT molecular complexity index is 688. The standard InChI is InChI=1S/C20H24ClNO3.CH4/c21-17-7-5-14(6-8-18(23)24)11-16(17)19(25)22-13-20-9-1-3-15(12-20)4-2-10-20;/h5-8,11,15H,1-4,9-10,12-13H2,(H,22,25)(H,23,24);1H4. The number of carboxylic acid groups (broad SMARTS) is 1. The fourth-order valence-electron chi connectivity index (χ4n) is 4.42. The fourth-order valence-corrected chi connectivity index (χ4v) is 4.62. The van der Waals surface area contributed by atoms with Crippen molar-refractivity contribution in [2.45, 2.75) is 52.4 Å². The van der Waals surface area contributed by atoms with E-state index in [0.29, 0.717) is 22.7 Å². The number of hydrogen-bond acceptors (Lipinski definition) is 2. The Morgan fingerprint density at radius 1 is 1.27 bits per heavy atom. The lowest BCUT2D eigenvalue weighted by atomic mass is 9.62. The van der Waals surface area contributed by atoms with Crippen LogP contribution in [-0.4, -0.2) is 23.5 Å². The summed E-state index contributed by atoms with van der Waals surface area (Å²) < 4.78 is 0. The molecule has 0 atom stereocenters. The van der Waals surface area contributed by atoms with Crippen molar-refractivity contribution in [2.24, 2.45) is 11.3 Å². The van der Waals surface area contributed by atoms with E-state index in [9.17, 15) is 9.59 Å². The third kappa shape index (κ3) is 4.88. The summed E-state index contributed by atoms with van der Waals surface area (Å²) in [7, 11) is 0. The lowest BCUT2D eigenvalue weighted by Gasteiger charge is -2.45. The topological polar surface area (TPSA) is 66.4 Å². The van der Waals surface area contributed by atoms with Gasteiger partial charge in [0.1, 0.15) is 0 Å². The first-order chi connectivity index (χ1) is 12.0. The summed E-state index contributed by atoms with van der Waals surface area (Å²) >= 11 is 6.18. The first kappa shape index (κ1) is 20.5. The second-order valence-corrected chi connectivity index (χ2v) is 7.86. The molecule has 5 heteroatoms. The van der Waals surface area contributed by atoms with Crippen molar-refractivity contribution in [3.8, 4) is 0 Å². The summed E-state index contributed by atoms with van der Waals surface area (Å²) in [6.07, 6.45) is 11.3. The average Bonchev–Trinajstić information content (AvgIpc) is 2.59. The number of rotatable bonds is 5. The zero-order chi connectivity index (χ0) is 17.9. The van der Waals surface area contributed by atoms with Crippen LogP contribution in [0.4, 0.5) is 0 Å². The van der Waals surface area contributed by atoms with Crippen LogP contribution in [0.25, 0.3) is 6.08 Å². The molecule has 1 aromatic rings. The van der Waals surface area contributed by atoms with Crippen LogP contribution in [0.3, 0.4) is 0 Å². The summed E-state index contributed by atoms with van der Waals surface area (Å²) in [6.45, 7) is 0.702. The van der Waals surface area contributed by atoms with Crippen LogP contribution in [0.5, 0.6) is 0 Å². The third-order valence-corrected chi connectivity index (χ3v) is 5.97. The van der Waals surface area contributed by atoms with E-state index in [1.807, 2.05) is 0 Å². The molecule has 2 aliphatic carbocycles. The Balaban J connectivity index is 0.00000243. The highest BCUT2D eigenvalue weighted by atomic mass is 35.5. The van der Waals surface area contributed by atoms with Gasteiger partial charge >= 0.3 is 5.97 Å². The molecule has 2 bridgehead atoms. The Kier molecular flexibility index (Phi) is 6.87. The number of benzene rings is 1. The predicted molar refractivity (Wildman–Crippen MR) is 105 cm³/mol. The van der Waals surface area contributed by atoms with Crippen molar-refractivity contribution in [3.05, 3.63) is 40.4 Å². The van der Waals surface area contributed by atoms with Crippen molar-refractivity contribution in [2.75, 3.05) is 6.54 Å². The van der Waals surface area contributed by atoms with Gasteiger partial charge in [-0.2, -0.15) is 0 Å². The van der Waals surface area contributed by atoms with E-state index >= 15 is 0 Å². The molecule has 1 amide bonds. The van der Waals surface area contributed by atoms with Crippen LogP contribution in [-0.2, 0) is 4.79 Å². The summed E-state index contributed by atoms with van der Waals surface area (Å²) in [5.41, 5.74) is 1.30. The average molecular weight is 378 g/mol. The normalized spacial score (nSPS) is 24.7. The highest BCUT2D eigenvalue weighted by Gasteiger charge is 2.39. The molecule has 26 heavy (non-hydrogen) atoms. The lowest BCUT2D eigenvalue weighted by molar-refractivity contribution is -0.131. The molecule has 0 unspecified atom stereocenters. The molecular formula is C21H28ClNO3. The fraction of sp³-hybridized carbons (Fsp3) is 0.524. The van der Waals surface area contributed by atoms with Gasteiger partial charge in [-0.15, -0.1) is 0 Å². The SMILES string of the molecule is C.O=C(O)C=Cc1ccc(Cl)c(C(=O)NCC23CCCC(CCC2)C3)c1. The molecule has 0 heterocycles. The minimum atomic E-state index is -1.02. The van der Waals surface area contributed by atoms with E-state index in [0.717, 1.165) is 12.0 Å². The Labute approximate surface area is 160 Å². The molecule has 2 aliphatic rings. The largest absolute Gasteiger partial charge is 0.478 e. The van der Waals surface area contributed by atoms with Crippen molar-refractivity contribution in [1.29, 1.82) is 0 Å². The van der Waals surface area contributed by atoms with Gasteiger partial charge in [-0.1, -0.05) is 50.8 Å². The predicted octanol–water partition coefficient (Wildman–Crippen LogP) is 5.16. The quantitative estimate of drug-likeness (QED) is 0.696. The minimum Gasteiger partial charge on any atom is -0.478 e. The molecule has 0 aliphatic heterocycles. The molecule has 1 aromatic carbocycles. The van der Waals surface area contributed by atoms with Gasteiger partial charge in [-0.3, -0.25) is 4.79 Å². The Morgan fingerprint density at radius 3 is 2.62 bits per heavy atom. The van der Waals surface area contributed by atoms with Crippen LogP contribution in [0.15, 0.2) is 24.3 Å². The number of fused-ring (bicyclic) bond motifs is 2. The van der Waals surface area contributed by atoms with Crippen LogP contribution >= 0.6 is 11.6 Å². The van der Waals surface area contributed by atoms with E-state index in [2.05, 4.69) is 5.32 Å². The molecular weight excluding hydrogens is 350 g/mol.